The molecule has 0 aliphatic heterocycles. The highest BCUT2D eigenvalue weighted by Gasteiger charge is 2.03. The van der Waals surface area contributed by atoms with Crippen molar-refractivity contribution in [1.82, 2.24) is 5.32 Å². The van der Waals surface area contributed by atoms with E-state index in [0.29, 0.717) is 12.5 Å². The molecule has 0 aromatic heterocycles. The van der Waals surface area contributed by atoms with E-state index in [0.717, 1.165) is 18.7 Å². The number of rotatable bonds is 6. The first-order valence-corrected chi connectivity index (χ1v) is 5.65. The van der Waals surface area contributed by atoms with Crippen LogP contribution in [0.3, 0.4) is 0 Å². The van der Waals surface area contributed by atoms with Crippen LogP contribution in [0.1, 0.15) is 12.5 Å². The number of nitrogens with one attached hydrogen (secondary N) is 1. The minimum atomic E-state index is -0.377. The molecule has 0 bridgehead atoms. The maximum Gasteiger partial charge on any atom is 0.141 e. The van der Waals surface area contributed by atoms with Gasteiger partial charge in [0.2, 0.25) is 0 Å². The van der Waals surface area contributed by atoms with Gasteiger partial charge in [-0.15, -0.1) is 0 Å². The van der Waals surface area contributed by atoms with Crippen LogP contribution < -0.4 is 5.32 Å². The van der Waals surface area contributed by atoms with E-state index in [4.69, 9.17) is 16.3 Å². The van der Waals surface area contributed by atoms with Gasteiger partial charge >= 0.3 is 0 Å². The average Bonchev–Trinajstić information content (AvgIpc) is 2.24. The molecule has 1 aromatic rings. The Balaban J connectivity index is 2.34. The van der Waals surface area contributed by atoms with Crippen molar-refractivity contribution >= 4 is 11.6 Å². The summed E-state index contributed by atoms with van der Waals surface area (Å²) in [5.74, 6) is 0.0825. The average molecular weight is 246 g/mol. The molecule has 0 aliphatic rings. The molecule has 1 unspecified atom stereocenters. The highest BCUT2D eigenvalue weighted by atomic mass is 35.5. The van der Waals surface area contributed by atoms with Crippen LogP contribution in [0.2, 0.25) is 5.02 Å². The summed E-state index contributed by atoms with van der Waals surface area (Å²) in [7, 11) is 1.69. The maximum atomic E-state index is 12.9. The van der Waals surface area contributed by atoms with Crippen LogP contribution >= 0.6 is 11.6 Å². The summed E-state index contributed by atoms with van der Waals surface area (Å²) in [5, 5.41) is 3.44. The van der Waals surface area contributed by atoms with Gasteiger partial charge < -0.3 is 10.1 Å². The summed E-state index contributed by atoms with van der Waals surface area (Å²) in [6, 6.07) is 4.76. The highest BCUT2D eigenvalue weighted by Crippen LogP contribution is 2.15. The standard InChI is InChI=1S/C12H17ClFNO/c1-9(8-16-2)6-15-7-10-3-4-12(14)11(13)5-10/h3-5,9,15H,6-8H2,1-2H3. The van der Waals surface area contributed by atoms with Gasteiger partial charge in [0.25, 0.3) is 0 Å². The Morgan fingerprint density at radius 3 is 2.88 bits per heavy atom. The fraction of sp³-hybridized carbons (Fsp3) is 0.500. The molecule has 0 saturated heterocycles. The molecular formula is C12H17ClFNO. The lowest BCUT2D eigenvalue weighted by molar-refractivity contribution is 0.158. The van der Waals surface area contributed by atoms with E-state index >= 15 is 0 Å². The first kappa shape index (κ1) is 13.4. The van der Waals surface area contributed by atoms with E-state index < -0.39 is 0 Å². The second-order valence-electron chi connectivity index (χ2n) is 3.94. The zero-order valence-corrected chi connectivity index (χ0v) is 10.4. The topological polar surface area (TPSA) is 21.3 Å². The van der Waals surface area contributed by atoms with Gasteiger partial charge in [0.05, 0.1) is 5.02 Å². The van der Waals surface area contributed by atoms with E-state index in [1.807, 2.05) is 0 Å². The monoisotopic (exact) mass is 245 g/mol. The second kappa shape index (κ2) is 6.84. The van der Waals surface area contributed by atoms with Crippen molar-refractivity contribution in [3.63, 3.8) is 0 Å². The van der Waals surface area contributed by atoms with Gasteiger partial charge in [-0.1, -0.05) is 24.6 Å². The van der Waals surface area contributed by atoms with Gasteiger partial charge in [-0.3, -0.25) is 0 Å². The first-order chi connectivity index (χ1) is 7.63. The van der Waals surface area contributed by atoms with E-state index in [9.17, 15) is 4.39 Å². The predicted molar refractivity (Wildman–Crippen MR) is 64.2 cm³/mol. The fourth-order valence-corrected chi connectivity index (χ4v) is 1.66. The van der Waals surface area contributed by atoms with Gasteiger partial charge in [0, 0.05) is 26.8 Å². The van der Waals surface area contributed by atoms with Crippen molar-refractivity contribution in [3.05, 3.63) is 34.6 Å². The van der Waals surface area contributed by atoms with Crippen molar-refractivity contribution in [3.8, 4) is 0 Å². The highest BCUT2D eigenvalue weighted by molar-refractivity contribution is 6.30. The van der Waals surface area contributed by atoms with Crippen LogP contribution in [0, 0.1) is 11.7 Å². The molecule has 16 heavy (non-hydrogen) atoms. The quantitative estimate of drug-likeness (QED) is 0.832. The second-order valence-corrected chi connectivity index (χ2v) is 4.35. The molecule has 90 valence electrons. The molecule has 1 atom stereocenters. The van der Waals surface area contributed by atoms with Crippen LogP contribution in [0.4, 0.5) is 4.39 Å². The minimum Gasteiger partial charge on any atom is -0.384 e. The lowest BCUT2D eigenvalue weighted by atomic mass is 10.2. The molecule has 0 heterocycles. The predicted octanol–water partition coefficient (Wildman–Crippen LogP) is 2.85. The summed E-state index contributed by atoms with van der Waals surface area (Å²) >= 11 is 5.68. The van der Waals surface area contributed by atoms with Crippen LogP contribution in [0.15, 0.2) is 18.2 Å². The number of hydrogen-bond acceptors (Lipinski definition) is 2. The third-order valence-corrected chi connectivity index (χ3v) is 2.55. The third-order valence-electron chi connectivity index (χ3n) is 2.26. The number of halogens is 2. The van der Waals surface area contributed by atoms with Crippen molar-refractivity contribution in [2.45, 2.75) is 13.5 Å². The molecule has 0 fully saturated rings. The number of benzene rings is 1. The summed E-state index contributed by atoms with van der Waals surface area (Å²) in [6.45, 7) is 4.39. The molecule has 4 heteroatoms. The van der Waals surface area contributed by atoms with Gasteiger partial charge in [-0.05, 0) is 23.6 Å². The molecule has 2 nitrogen and oxygen atoms in total. The molecular weight excluding hydrogens is 229 g/mol. The molecule has 0 radical (unpaired) electrons. The molecule has 1 N–H and O–H groups in total. The lowest BCUT2D eigenvalue weighted by Gasteiger charge is -2.11. The zero-order chi connectivity index (χ0) is 12.0. The molecule has 1 aromatic carbocycles. The Morgan fingerprint density at radius 1 is 1.50 bits per heavy atom. The number of methoxy groups -OCH3 is 1. The first-order valence-electron chi connectivity index (χ1n) is 5.27. The molecule has 0 aliphatic carbocycles. The minimum absolute atomic E-state index is 0.171. The van der Waals surface area contributed by atoms with E-state index in [2.05, 4.69) is 12.2 Å². The smallest absolute Gasteiger partial charge is 0.141 e. The molecule has 0 saturated carbocycles. The summed E-state index contributed by atoms with van der Waals surface area (Å²) in [6.07, 6.45) is 0. The Kier molecular flexibility index (Phi) is 5.74. The van der Waals surface area contributed by atoms with Crippen LogP contribution in [0.5, 0.6) is 0 Å². The summed E-state index contributed by atoms with van der Waals surface area (Å²) < 4.78 is 17.9. The van der Waals surface area contributed by atoms with Crippen molar-refractivity contribution < 1.29 is 9.13 Å². The van der Waals surface area contributed by atoms with Crippen molar-refractivity contribution in [2.75, 3.05) is 20.3 Å². The number of hydrogen-bond donors (Lipinski definition) is 1. The fourth-order valence-electron chi connectivity index (χ4n) is 1.46. The van der Waals surface area contributed by atoms with Crippen LogP contribution in [-0.2, 0) is 11.3 Å². The van der Waals surface area contributed by atoms with Gasteiger partial charge in [0.1, 0.15) is 5.82 Å². The largest absolute Gasteiger partial charge is 0.384 e. The van der Waals surface area contributed by atoms with Crippen LogP contribution in [0.25, 0.3) is 0 Å². The normalized spacial score (nSPS) is 12.8. The summed E-state index contributed by atoms with van der Waals surface area (Å²) in [5.41, 5.74) is 0.982. The zero-order valence-electron chi connectivity index (χ0n) is 9.59. The SMILES string of the molecule is COCC(C)CNCc1ccc(F)c(Cl)c1. The van der Waals surface area contributed by atoms with Gasteiger partial charge in [-0.25, -0.2) is 4.39 Å². The maximum absolute atomic E-state index is 12.9. The Labute approximate surface area is 101 Å². The molecule has 1 rings (SSSR count). The third kappa shape index (κ3) is 4.47. The van der Waals surface area contributed by atoms with E-state index in [1.54, 1.807) is 19.2 Å². The van der Waals surface area contributed by atoms with Gasteiger partial charge in [-0.2, -0.15) is 0 Å². The molecule has 0 amide bonds. The lowest BCUT2D eigenvalue weighted by Crippen LogP contribution is -2.23. The van der Waals surface area contributed by atoms with Gasteiger partial charge in [0.15, 0.2) is 0 Å². The Bertz CT molecular complexity index is 333. The molecule has 0 spiro atoms. The van der Waals surface area contributed by atoms with Crippen LogP contribution in [-0.4, -0.2) is 20.3 Å². The van der Waals surface area contributed by atoms with Crippen molar-refractivity contribution in [1.29, 1.82) is 0 Å². The summed E-state index contributed by atoms with van der Waals surface area (Å²) in [4.78, 5) is 0. The Morgan fingerprint density at radius 2 is 2.25 bits per heavy atom. The van der Waals surface area contributed by atoms with Crippen molar-refractivity contribution in [2.24, 2.45) is 5.92 Å². The Hall–Kier alpha value is -0.640. The van der Waals surface area contributed by atoms with E-state index in [1.165, 1.54) is 6.07 Å². The number of ether oxygens (including phenoxy) is 1. The van der Waals surface area contributed by atoms with E-state index in [-0.39, 0.29) is 10.8 Å².